The van der Waals surface area contributed by atoms with Crippen LogP contribution in [0, 0.1) is 11.8 Å². The maximum atomic E-state index is 14.4. The molecule has 2 aromatic rings. The third-order valence-corrected chi connectivity index (χ3v) is 13.3. The number of unbranched alkanes of at least 4 members (excludes halogenated alkanes) is 1. The Bertz CT molecular complexity index is 2640. The van der Waals surface area contributed by atoms with E-state index < -0.39 is 195 Å². The predicted octanol–water partition coefficient (Wildman–Crippen LogP) is -3.11. The minimum atomic E-state index is -2.18. The van der Waals surface area contributed by atoms with Crippen molar-refractivity contribution < 1.29 is 92.7 Å². The minimum Gasteiger partial charge on any atom is -0.481 e. The molecular formula is C54H81N13O19. The zero-order valence-corrected chi connectivity index (χ0v) is 48.3. The van der Waals surface area contributed by atoms with Crippen molar-refractivity contribution in [2.45, 2.75) is 172 Å². The summed E-state index contributed by atoms with van der Waals surface area (Å²) >= 11 is 0. The van der Waals surface area contributed by atoms with Gasteiger partial charge in [-0.2, -0.15) is 0 Å². The van der Waals surface area contributed by atoms with Crippen molar-refractivity contribution >= 4 is 83.0 Å². The first-order chi connectivity index (χ1) is 40.6. The number of aliphatic carboxylic acids is 5. The van der Waals surface area contributed by atoms with Gasteiger partial charge in [0.25, 0.3) is 0 Å². The number of carbonyl (C=O) groups is 14. The summed E-state index contributed by atoms with van der Waals surface area (Å²) in [7, 11) is 0. The second-order valence-corrected chi connectivity index (χ2v) is 20.7. The number of hydrogen-bond acceptors (Lipinski definition) is 17. The van der Waals surface area contributed by atoms with Crippen molar-refractivity contribution in [3.05, 3.63) is 54.1 Å². The van der Waals surface area contributed by atoms with Gasteiger partial charge >= 0.3 is 29.8 Å². The zero-order chi connectivity index (χ0) is 64.6. The van der Waals surface area contributed by atoms with Crippen LogP contribution in [0.1, 0.15) is 116 Å². The van der Waals surface area contributed by atoms with Gasteiger partial charge in [0.1, 0.15) is 54.4 Å². The van der Waals surface area contributed by atoms with E-state index >= 15 is 0 Å². The molecule has 9 amide bonds. The van der Waals surface area contributed by atoms with Gasteiger partial charge in [0, 0.05) is 44.0 Å². The van der Waals surface area contributed by atoms with Crippen LogP contribution in [0.15, 0.2) is 42.9 Å². The summed E-state index contributed by atoms with van der Waals surface area (Å²) < 4.78 is 0. The van der Waals surface area contributed by atoms with Crippen molar-refractivity contribution in [2.75, 3.05) is 13.1 Å². The van der Waals surface area contributed by atoms with E-state index in [1.54, 1.807) is 58.0 Å². The number of imidazole rings is 1. The third-order valence-electron chi connectivity index (χ3n) is 13.3. The van der Waals surface area contributed by atoms with Gasteiger partial charge in [0.15, 0.2) is 0 Å². The summed E-state index contributed by atoms with van der Waals surface area (Å²) in [4.78, 5) is 191. The van der Waals surface area contributed by atoms with Gasteiger partial charge < -0.3 is 89.8 Å². The molecule has 86 heavy (non-hydrogen) atoms. The third kappa shape index (κ3) is 27.5. The smallest absolute Gasteiger partial charge is 0.326 e. The second-order valence-electron chi connectivity index (χ2n) is 20.7. The van der Waals surface area contributed by atoms with E-state index in [0.717, 1.165) is 0 Å². The number of H-pyrrole nitrogens is 1. The highest BCUT2D eigenvalue weighted by Gasteiger charge is 2.37. The van der Waals surface area contributed by atoms with E-state index in [4.69, 9.17) is 11.5 Å². The Morgan fingerprint density at radius 1 is 0.500 bits per heavy atom. The molecule has 0 aliphatic carbocycles. The van der Waals surface area contributed by atoms with Gasteiger partial charge in [-0.15, -0.1) is 0 Å². The average Bonchev–Trinajstić information content (AvgIpc) is 3.46. The van der Waals surface area contributed by atoms with E-state index in [0.29, 0.717) is 24.1 Å². The topological polar surface area (TPSA) is 529 Å². The Kier molecular flexibility index (Phi) is 32.3. The molecule has 19 N–H and O–H groups in total. The Labute approximate surface area is 494 Å². The first-order valence-electron chi connectivity index (χ1n) is 27.8. The fraction of sp³-hybridized carbons (Fsp3) is 0.574. The average molecular weight is 1220 g/mol. The number of carboxylic acid groups (broad SMARTS) is 5. The standard InChI is InChI=1S/C54H81N13O19/c1-5-29(4)45(53(84)63-35(54(85)86)13-9-10-20-55)67-48(79)34(16-19-43(73)74)60-46(77)32(14-17-41(69)70)62-52(83)39(24-44(75)76)66-47(78)33(15-18-42(71)72)61-50(81)37(22-30-11-7-6-8-12-30)65-49(80)36(21-28(2)3)64-51(82)38(59-40(68)25-56)23-31-26-57-27-58-31/h6-8,11-12,26-29,32-39,45H,5,9-10,13-25,55-56H2,1-4H3,(H,57,58)(H,59,68)(H,60,77)(H,61,81)(H,62,83)(H,63,84)(H,64,82)(H,65,80)(H,66,78)(H,67,79)(H,69,70)(H,71,72)(H,73,74)(H,75,76)(H,85,86)/t29-,32-,33-,34-,35-,36-,37-,38-,39-,45-/m0/s1. The maximum absolute atomic E-state index is 14.4. The van der Waals surface area contributed by atoms with Crippen molar-refractivity contribution in [2.24, 2.45) is 23.3 Å². The number of nitrogens with two attached hydrogens (primary N) is 2. The molecule has 0 saturated carbocycles. The normalized spacial score (nSPS) is 14.5. The van der Waals surface area contributed by atoms with Crippen molar-refractivity contribution in [1.82, 2.24) is 57.8 Å². The number of amides is 9. The number of carboxylic acids is 5. The molecule has 0 spiro atoms. The van der Waals surface area contributed by atoms with Gasteiger partial charge in [-0.3, -0.25) is 62.3 Å². The van der Waals surface area contributed by atoms with Crippen LogP contribution in [0.5, 0.6) is 0 Å². The summed E-state index contributed by atoms with van der Waals surface area (Å²) in [6.07, 6.45) is -2.48. The van der Waals surface area contributed by atoms with Crippen molar-refractivity contribution in [1.29, 1.82) is 0 Å². The second kappa shape index (κ2) is 38.0. The highest BCUT2D eigenvalue weighted by atomic mass is 16.4. The molecule has 0 aliphatic heterocycles. The van der Waals surface area contributed by atoms with E-state index in [1.165, 1.54) is 12.5 Å². The number of benzene rings is 1. The molecule has 32 nitrogen and oxygen atoms in total. The number of aromatic amines is 1. The van der Waals surface area contributed by atoms with Crippen LogP contribution in [-0.2, 0) is 80.0 Å². The molecule has 1 aromatic heterocycles. The van der Waals surface area contributed by atoms with E-state index in [9.17, 15) is 92.7 Å². The quantitative estimate of drug-likeness (QED) is 0.0293. The van der Waals surface area contributed by atoms with Crippen LogP contribution in [0.4, 0.5) is 0 Å². The molecule has 0 bridgehead atoms. The summed E-state index contributed by atoms with van der Waals surface area (Å²) in [5.41, 5.74) is 11.9. The molecule has 0 saturated heterocycles. The van der Waals surface area contributed by atoms with Gasteiger partial charge in [-0.25, -0.2) is 9.78 Å². The molecule has 1 aromatic carbocycles. The van der Waals surface area contributed by atoms with Crippen LogP contribution in [0.25, 0.3) is 0 Å². The summed E-state index contributed by atoms with van der Waals surface area (Å²) in [6.45, 7) is 6.44. The number of carbonyl (C=O) groups excluding carboxylic acids is 9. The molecular weight excluding hydrogens is 1130 g/mol. The maximum Gasteiger partial charge on any atom is 0.326 e. The Morgan fingerprint density at radius 2 is 0.942 bits per heavy atom. The summed E-state index contributed by atoms with van der Waals surface area (Å²) in [5.74, 6) is -18.3. The van der Waals surface area contributed by atoms with Crippen LogP contribution < -0.4 is 59.3 Å². The van der Waals surface area contributed by atoms with E-state index in [2.05, 4.69) is 57.8 Å². The van der Waals surface area contributed by atoms with Gasteiger partial charge in [0.2, 0.25) is 53.2 Å². The number of aromatic nitrogens is 2. The van der Waals surface area contributed by atoms with Crippen LogP contribution in [0.3, 0.4) is 0 Å². The molecule has 2 rings (SSSR count). The Morgan fingerprint density at radius 3 is 1.38 bits per heavy atom. The van der Waals surface area contributed by atoms with Gasteiger partial charge in [-0.05, 0) is 68.9 Å². The minimum absolute atomic E-state index is 0.0113. The van der Waals surface area contributed by atoms with E-state index in [1.807, 2.05) is 0 Å². The molecule has 32 heteroatoms. The van der Waals surface area contributed by atoms with E-state index in [-0.39, 0.29) is 44.6 Å². The lowest BCUT2D eigenvalue weighted by Crippen LogP contribution is -2.61. The van der Waals surface area contributed by atoms with Crippen LogP contribution in [-0.4, -0.2) is 186 Å². The molecule has 1 heterocycles. The predicted molar refractivity (Wildman–Crippen MR) is 301 cm³/mol. The number of nitrogens with zero attached hydrogens (tertiary/aromatic N) is 1. The first-order valence-corrected chi connectivity index (χ1v) is 27.8. The highest BCUT2D eigenvalue weighted by molar-refractivity contribution is 5.99. The highest BCUT2D eigenvalue weighted by Crippen LogP contribution is 2.14. The Balaban J connectivity index is 2.53. The molecule has 0 unspecified atom stereocenters. The molecule has 0 fully saturated rings. The van der Waals surface area contributed by atoms with Crippen molar-refractivity contribution in [3.63, 3.8) is 0 Å². The van der Waals surface area contributed by atoms with Gasteiger partial charge in [-0.1, -0.05) is 64.4 Å². The van der Waals surface area contributed by atoms with Gasteiger partial charge in [0.05, 0.1) is 19.3 Å². The molecule has 0 aliphatic rings. The largest absolute Gasteiger partial charge is 0.481 e. The number of rotatable bonds is 42. The fourth-order valence-corrected chi connectivity index (χ4v) is 8.44. The number of nitrogens with one attached hydrogen (secondary N) is 10. The SMILES string of the molecule is CC[C@H](C)[C@H](NC(=O)[C@H](CCC(=O)O)NC(=O)[C@H](CCC(=O)O)NC(=O)[C@H](CC(=O)O)NC(=O)[C@H](CCC(=O)O)NC(=O)[C@H](Cc1ccccc1)NC(=O)[C@H](CC(C)C)NC(=O)[C@H](Cc1cnc[nH]1)NC(=O)CN)C(=O)N[C@@H](CCCCN)C(=O)O. The molecule has 0 radical (unpaired) electrons. The number of hydrogen-bond donors (Lipinski definition) is 17. The lowest BCUT2D eigenvalue weighted by Gasteiger charge is -2.29. The monoisotopic (exact) mass is 1220 g/mol. The van der Waals surface area contributed by atoms with Crippen LogP contribution in [0.2, 0.25) is 0 Å². The van der Waals surface area contributed by atoms with Crippen LogP contribution >= 0.6 is 0 Å². The zero-order valence-electron chi connectivity index (χ0n) is 48.3. The van der Waals surface area contributed by atoms with Crippen molar-refractivity contribution in [3.8, 4) is 0 Å². The fourth-order valence-electron chi connectivity index (χ4n) is 8.44. The molecule has 10 atom stereocenters. The lowest BCUT2D eigenvalue weighted by atomic mass is 9.96. The summed E-state index contributed by atoms with van der Waals surface area (Å²) in [6, 6.07) is -6.88. The molecule has 476 valence electrons. The Hall–Kier alpha value is -9.07. The lowest BCUT2D eigenvalue weighted by molar-refractivity contribution is -0.143. The first kappa shape index (κ1) is 73.0. The summed E-state index contributed by atoms with van der Waals surface area (Å²) in [5, 5.41) is 69.8.